The molecule has 0 saturated carbocycles. The highest BCUT2D eigenvalue weighted by atomic mass is 79.9. The SMILES string of the molecule is CC(=O)c1cc(Br)ccc1Sc1ncc[nH]1. The van der Waals surface area contributed by atoms with Crippen LogP contribution in [0.5, 0.6) is 0 Å². The predicted molar refractivity (Wildman–Crippen MR) is 66.9 cm³/mol. The lowest BCUT2D eigenvalue weighted by Gasteiger charge is -2.05. The maximum atomic E-state index is 11.5. The average molecular weight is 297 g/mol. The third-order valence-corrected chi connectivity index (χ3v) is 3.49. The van der Waals surface area contributed by atoms with Crippen LogP contribution >= 0.6 is 27.7 Å². The van der Waals surface area contributed by atoms with Crippen LogP contribution < -0.4 is 0 Å². The minimum Gasteiger partial charge on any atom is -0.339 e. The Balaban J connectivity index is 2.36. The molecule has 1 aromatic heterocycles. The van der Waals surface area contributed by atoms with E-state index in [0.717, 1.165) is 14.5 Å². The molecule has 5 heteroatoms. The van der Waals surface area contributed by atoms with E-state index < -0.39 is 0 Å². The van der Waals surface area contributed by atoms with Gasteiger partial charge in [0.25, 0.3) is 0 Å². The summed E-state index contributed by atoms with van der Waals surface area (Å²) in [7, 11) is 0. The van der Waals surface area contributed by atoms with Crippen LogP contribution in [-0.4, -0.2) is 15.8 Å². The van der Waals surface area contributed by atoms with Crippen LogP contribution in [0.1, 0.15) is 17.3 Å². The Morgan fingerprint density at radius 3 is 2.94 bits per heavy atom. The normalized spacial score (nSPS) is 10.4. The third-order valence-electron chi connectivity index (χ3n) is 2.00. The lowest BCUT2D eigenvalue weighted by Crippen LogP contribution is -1.95. The van der Waals surface area contributed by atoms with Gasteiger partial charge in [0, 0.05) is 27.3 Å². The topological polar surface area (TPSA) is 45.8 Å². The Bertz CT molecular complexity index is 511. The van der Waals surface area contributed by atoms with Crippen LogP contribution in [0.4, 0.5) is 0 Å². The highest BCUT2D eigenvalue weighted by Crippen LogP contribution is 2.30. The van der Waals surface area contributed by atoms with Crippen LogP contribution in [0.2, 0.25) is 0 Å². The van der Waals surface area contributed by atoms with Crippen LogP contribution in [-0.2, 0) is 0 Å². The highest BCUT2D eigenvalue weighted by molar-refractivity contribution is 9.10. The summed E-state index contributed by atoms with van der Waals surface area (Å²) < 4.78 is 0.904. The van der Waals surface area contributed by atoms with E-state index in [1.165, 1.54) is 11.8 Å². The first-order chi connectivity index (χ1) is 7.66. The van der Waals surface area contributed by atoms with Gasteiger partial charge >= 0.3 is 0 Å². The number of rotatable bonds is 3. The number of aromatic amines is 1. The molecule has 0 spiro atoms. The third kappa shape index (κ3) is 2.54. The fourth-order valence-corrected chi connectivity index (χ4v) is 2.54. The molecule has 0 fully saturated rings. The van der Waals surface area contributed by atoms with E-state index in [9.17, 15) is 4.79 Å². The predicted octanol–water partition coefficient (Wildman–Crippen LogP) is 3.53. The molecule has 0 aliphatic rings. The van der Waals surface area contributed by atoms with Crippen molar-refractivity contribution in [2.75, 3.05) is 0 Å². The van der Waals surface area contributed by atoms with Crippen molar-refractivity contribution < 1.29 is 4.79 Å². The zero-order valence-electron chi connectivity index (χ0n) is 8.53. The molecule has 2 aromatic rings. The standard InChI is InChI=1S/C11H9BrN2OS/c1-7(15)9-6-8(12)2-3-10(9)16-11-13-4-5-14-11/h2-6H,1H3,(H,13,14). The van der Waals surface area contributed by atoms with E-state index in [2.05, 4.69) is 25.9 Å². The quantitative estimate of drug-likeness (QED) is 0.882. The van der Waals surface area contributed by atoms with Crippen molar-refractivity contribution in [3.63, 3.8) is 0 Å². The van der Waals surface area contributed by atoms with E-state index in [1.54, 1.807) is 19.3 Å². The monoisotopic (exact) mass is 296 g/mol. The highest BCUT2D eigenvalue weighted by Gasteiger charge is 2.10. The molecule has 3 nitrogen and oxygen atoms in total. The number of carbonyl (C=O) groups excluding carboxylic acids is 1. The van der Waals surface area contributed by atoms with Gasteiger partial charge in [-0.25, -0.2) is 4.98 Å². The maximum Gasteiger partial charge on any atom is 0.170 e. The van der Waals surface area contributed by atoms with E-state index in [4.69, 9.17) is 0 Å². The van der Waals surface area contributed by atoms with E-state index in [1.807, 2.05) is 18.2 Å². The molecule has 0 radical (unpaired) electrons. The first-order valence-electron chi connectivity index (χ1n) is 4.64. The molecule has 0 bridgehead atoms. The molecule has 0 aliphatic heterocycles. The molecular formula is C11H9BrN2OS. The number of aromatic nitrogens is 2. The van der Waals surface area contributed by atoms with Gasteiger partial charge in [-0.3, -0.25) is 4.79 Å². The summed E-state index contributed by atoms with van der Waals surface area (Å²) in [5, 5.41) is 0.782. The number of halogens is 1. The largest absolute Gasteiger partial charge is 0.339 e. The summed E-state index contributed by atoms with van der Waals surface area (Å²) in [5.74, 6) is 0.0513. The fourth-order valence-electron chi connectivity index (χ4n) is 1.28. The molecule has 0 amide bonds. The Morgan fingerprint density at radius 1 is 1.50 bits per heavy atom. The number of Topliss-reactive ketones (excluding diaryl/α,β-unsaturated/α-hetero) is 1. The number of carbonyl (C=O) groups is 1. The zero-order chi connectivity index (χ0) is 11.5. The van der Waals surface area contributed by atoms with Crippen LogP contribution in [0.25, 0.3) is 0 Å². The van der Waals surface area contributed by atoms with Gasteiger partial charge < -0.3 is 4.98 Å². The second-order valence-corrected chi connectivity index (χ2v) is 5.14. The molecule has 0 aliphatic carbocycles. The van der Waals surface area contributed by atoms with Crippen molar-refractivity contribution in [1.82, 2.24) is 9.97 Å². The van der Waals surface area contributed by atoms with Gasteiger partial charge in [0.1, 0.15) is 0 Å². The van der Waals surface area contributed by atoms with Gasteiger partial charge in [0.2, 0.25) is 0 Å². The molecule has 1 heterocycles. The van der Waals surface area contributed by atoms with Gasteiger partial charge in [-0.05, 0) is 25.1 Å². The number of ketones is 1. The van der Waals surface area contributed by atoms with Gasteiger partial charge in [0.05, 0.1) is 0 Å². The first-order valence-corrected chi connectivity index (χ1v) is 6.25. The Kier molecular flexibility index (Phi) is 3.46. The molecule has 16 heavy (non-hydrogen) atoms. The van der Waals surface area contributed by atoms with Crippen LogP contribution in [0.15, 0.2) is 45.1 Å². The smallest absolute Gasteiger partial charge is 0.170 e. The number of benzene rings is 1. The van der Waals surface area contributed by atoms with Crippen LogP contribution in [0, 0.1) is 0 Å². The Hall–Kier alpha value is -1.07. The number of H-pyrrole nitrogens is 1. The Morgan fingerprint density at radius 2 is 2.31 bits per heavy atom. The van der Waals surface area contributed by atoms with Crippen molar-refractivity contribution in [1.29, 1.82) is 0 Å². The number of nitrogens with zero attached hydrogens (tertiary/aromatic N) is 1. The molecule has 0 atom stereocenters. The molecular weight excluding hydrogens is 288 g/mol. The van der Waals surface area contributed by atoms with Crippen molar-refractivity contribution in [3.8, 4) is 0 Å². The fraction of sp³-hybridized carbons (Fsp3) is 0.0909. The van der Waals surface area contributed by atoms with Crippen molar-refractivity contribution in [2.24, 2.45) is 0 Å². The lowest BCUT2D eigenvalue weighted by atomic mass is 10.1. The summed E-state index contributed by atoms with van der Waals surface area (Å²) in [6.45, 7) is 1.56. The summed E-state index contributed by atoms with van der Waals surface area (Å²) in [4.78, 5) is 19.5. The minimum absolute atomic E-state index is 0.0513. The van der Waals surface area contributed by atoms with Crippen molar-refractivity contribution in [2.45, 2.75) is 17.0 Å². The molecule has 1 aromatic carbocycles. The number of imidazole rings is 1. The molecule has 2 rings (SSSR count). The summed E-state index contributed by atoms with van der Waals surface area (Å²) >= 11 is 4.81. The summed E-state index contributed by atoms with van der Waals surface area (Å²) in [5.41, 5.74) is 0.704. The van der Waals surface area contributed by atoms with E-state index >= 15 is 0 Å². The van der Waals surface area contributed by atoms with Crippen molar-refractivity contribution >= 4 is 33.5 Å². The number of hydrogen-bond acceptors (Lipinski definition) is 3. The lowest BCUT2D eigenvalue weighted by molar-refractivity contribution is 0.101. The average Bonchev–Trinajstić information content (AvgIpc) is 2.73. The maximum absolute atomic E-state index is 11.5. The summed E-state index contributed by atoms with van der Waals surface area (Å²) in [6.07, 6.45) is 3.45. The number of nitrogens with one attached hydrogen (secondary N) is 1. The first kappa shape index (κ1) is 11.4. The van der Waals surface area contributed by atoms with Gasteiger partial charge in [-0.2, -0.15) is 0 Å². The molecule has 1 N–H and O–H groups in total. The molecule has 0 saturated heterocycles. The van der Waals surface area contributed by atoms with E-state index in [0.29, 0.717) is 5.56 Å². The Labute approximate surface area is 106 Å². The molecule has 82 valence electrons. The molecule has 0 unspecified atom stereocenters. The second kappa shape index (κ2) is 4.84. The van der Waals surface area contributed by atoms with Gasteiger partial charge in [0.15, 0.2) is 10.9 Å². The number of hydrogen-bond donors (Lipinski definition) is 1. The zero-order valence-corrected chi connectivity index (χ0v) is 10.9. The summed E-state index contributed by atoms with van der Waals surface area (Å²) in [6, 6.07) is 5.65. The second-order valence-electron chi connectivity index (χ2n) is 3.19. The van der Waals surface area contributed by atoms with Crippen LogP contribution in [0.3, 0.4) is 0 Å². The minimum atomic E-state index is 0.0513. The van der Waals surface area contributed by atoms with E-state index in [-0.39, 0.29) is 5.78 Å². The van der Waals surface area contributed by atoms with Crippen molar-refractivity contribution in [3.05, 3.63) is 40.6 Å². The van der Waals surface area contributed by atoms with Gasteiger partial charge in [-0.1, -0.05) is 27.7 Å². The van der Waals surface area contributed by atoms with Gasteiger partial charge in [-0.15, -0.1) is 0 Å².